The number of likely N-dealkylation sites (tertiary alicyclic amines) is 1. The molecule has 0 atom stereocenters. The van der Waals surface area contributed by atoms with Crippen LogP contribution in [0, 0.1) is 5.92 Å². The minimum Gasteiger partial charge on any atom is -0.454 e. The largest absolute Gasteiger partial charge is 0.454 e. The number of carbonyl (C=O) groups is 2. The van der Waals surface area contributed by atoms with Gasteiger partial charge in [-0.15, -0.1) is 0 Å². The molecule has 0 spiro atoms. The Balaban J connectivity index is 1.25. The van der Waals surface area contributed by atoms with Crippen LogP contribution in [0.25, 0.3) is 0 Å². The van der Waals surface area contributed by atoms with Crippen molar-refractivity contribution in [2.24, 2.45) is 5.92 Å². The van der Waals surface area contributed by atoms with E-state index in [0.29, 0.717) is 43.2 Å². The van der Waals surface area contributed by atoms with E-state index in [9.17, 15) is 9.59 Å². The van der Waals surface area contributed by atoms with Gasteiger partial charge in [0.05, 0.1) is 5.92 Å². The Morgan fingerprint density at radius 1 is 0.812 bits per heavy atom. The maximum Gasteiger partial charge on any atom is 0.254 e. The summed E-state index contributed by atoms with van der Waals surface area (Å²) in [6.45, 7) is 2.10. The number of nitrogens with zero attached hydrogens (tertiary/aromatic N) is 2. The van der Waals surface area contributed by atoms with Crippen molar-refractivity contribution in [2.75, 3.05) is 19.9 Å². The van der Waals surface area contributed by atoms with E-state index in [1.807, 2.05) is 65.6 Å². The summed E-state index contributed by atoms with van der Waals surface area (Å²) in [4.78, 5) is 29.8. The summed E-state index contributed by atoms with van der Waals surface area (Å²) in [6, 6.07) is 25.2. The van der Waals surface area contributed by atoms with Crippen LogP contribution in [0.15, 0.2) is 78.9 Å². The fourth-order valence-electron chi connectivity index (χ4n) is 4.09. The monoisotopic (exact) mass is 428 g/mol. The van der Waals surface area contributed by atoms with Gasteiger partial charge in [-0.05, 0) is 29.3 Å². The van der Waals surface area contributed by atoms with Gasteiger partial charge in [-0.3, -0.25) is 9.59 Å². The van der Waals surface area contributed by atoms with Gasteiger partial charge in [-0.25, -0.2) is 0 Å². The van der Waals surface area contributed by atoms with Crippen LogP contribution < -0.4 is 9.47 Å². The fourth-order valence-corrected chi connectivity index (χ4v) is 4.09. The Bertz CT molecular complexity index is 1070. The van der Waals surface area contributed by atoms with Crippen LogP contribution in [0.5, 0.6) is 11.5 Å². The molecule has 0 aliphatic carbocycles. The molecular weight excluding hydrogens is 404 g/mol. The second kappa shape index (κ2) is 8.75. The van der Waals surface area contributed by atoms with Crippen molar-refractivity contribution in [1.82, 2.24) is 9.80 Å². The highest BCUT2D eigenvalue weighted by Crippen LogP contribution is 2.33. The molecule has 5 rings (SSSR count). The summed E-state index contributed by atoms with van der Waals surface area (Å²) < 4.78 is 10.7. The molecule has 2 aliphatic heterocycles. The first-order valence-corrected chi connectivity index (χ1v) is 10.7. The molecule has 2 aliphatic rings. The maximum atomic E-state index is 13.3. The minimum absolute atomic E-state index is 0.0763. The van der Waals surface area contributed by atoms with E-state index in [1.165, 1.54) is 0 Å². The summed E-state index contributed by atoms with van der Waals surface area (Å²) in [7, 11) is 0. The molecule has 2 amide bonds. The number of fused-ring (bicyclic) bond motifs is 1. The van der Waals surface area contributed by atoms with Gasteiger partial charge in [0.15, 0.2) is 11.5 Å². The lowest BCUT2D eigenvalue weighted by Crippen LogP contribution is -2.56. The third kappa shape index (κ3) is 4.17. The number of hydrogen-bond acceptors (Lipinski definition) is 4. The van der Waals surface area contributed by atoms with Crippen molar-refractivity contribution < 1.29 is 19.1 Å². The molecule has 2 heterocycles. The topological polar surface area (TPSA) is 59.1 Å². The molecule has 1 saturated heterocycles. The van der Waals surface area contributed by atoms with Gasteiger partial charge >= 0.3 is 0 Å². The predicted molar refractivity (Wildman–Crippen MR) is 119 cm³/mol. The summed E-state index contributed by atoms with van der Waals surface area (Å²) in [5.74, 6) is 1.02. The van der Waals surface area contributed by atoms with Crippen LogP contribution in [-0.2, 0) is 17.9 Å². The van der Waals surface area contributed by atoms with Gasteiger partial charge in [0, 0.05) is 31.7 Å². The summed E-state index contributed by atoms with van der Waals surface area (Å²) in [6.07, 6.45) is 0. The van der Waals surface area contributed by atoms with Crippen molar-refractivity contribution in [1.29, 1.82) is 0 Å². The number of carbonyl (C=O) groups excluding carboxylic acids is 2. The molecular formula is C26H24N2O4. The van der Waals surface area contributed by atoms with E-state index in [-0.39, 0.29) is 24.5 Å². The van der Waals surface area contributed by atoms with Crippen LogP contribution >= 0.6 is 0 Å². The first kappa shape index (κ1) is 20.1. The Kier molecular flexibility index (Phi) is 5.50. The maximum absolute atomic E-state index is 13.3. The quantitative estimate of drug-likeness (QED) is 0.601. The van der Waals surface area contributed by atoms with Crippen molar-refractivity contribution in [2.45, 2.75) is 13.1 Å². The zero-order valence-corrected chi connectivity index (χ0v) is 17.6. The smallest absolute Gasteiger partial charge is 0.254 e. The highest BCUT2D eigenvalue weighted by Gasteiger charge is 2.38. The summed E-state index contributed by atoms with van der Waals surface area (Å²) >= 11 is 0. The molecule has 162 valence electrons. The normalized spacial score (nSPS) is 14.7. The zero-order chi connectivity index (χ0) is 21.9. The Hall–Kier alpha value is -3.80. The zero-order valence-electron chi connectivity index (χ0n) is 17.6. The number of hydrogen-bond donors (Lipinski definition) is 0. The van der Waals surface area contributed by atoms with E-state index in [4.69, 9.17) is 9.47 Å². The van der Waals surface area contributed by atoms with Gasteiger partial charge in [-0.2, -0.15) is 0 Å². The third-order valence-electron chi connectivity index (χ3n) is 5.88. The molecule has 6 nitrogen and oxygen atoms in total. The van der Waals surface area contributed by atoms with E-state index < -0.39 is 0 Å². The van der Waals surface area contributed by atoms with E-state index in [1.54, 1.807) is 23.1 Å². The number of rotatable bonds is 6. The van der Waals surface area contributed by atoms with Gasteiger partial charge < -0.3 is 19.3 Å². The molecule has 0 unspecified atom stereocenters. The first-order chi connectivity index (χ1) is 15.7. The van der Waals surface area contributed by atoms with Crippen LogP contribution in [0.2, 0.25) is 0 Å². The number of benzene rings is 3. The molecule has 0 saturated carbocycles. The molecule has 32 heavy (non-hydrogen) atoms. The Morgan fingerprint density at radius 3 is 2.03 bits per heavy atom. The summed E-state index contributed by atoms with van der Waals surface area (Å²) in [5.41, 5.74) is 2.72. The Morgan fingerprint density at radius 2 is 1.41 bits per heavy atom. The van der Waals surface area contributed by atoms with Gasteiger partial charge in [0.1, 0.15) is 0 Å². The van der Waals surface area contributed by atoms with Crippen LogP contribution in [0.4, 0.5) is 0 Å². The second-order valence-electron chi connectivity index (χ2n) is 8.14. The molecule has 0 radical (unpaired) electrons. The third-order valence-corrected chi connectivity index (χ3v) is 5.88. The molecule has 3 aromatic rings. The lowest BCUT2D eigenvalue weighted by molar-refractivity contribution is -0.141. The second-order valence-corrected chi connectivity index (χ2v) is 8.14. The SMILES string of the molecule is O=C(c1ccc2c(c1)OCO2)N1CC(C(=O)N(Cc2ccccc2)Cc2ccccc2)C1. The fraction of sp³-hybridized carbons (Fsp3) is 0.231. The molecule has 3 aromatic carbocycles. The van der Waals surface area contributed by atoms with Gasteiger partial charge in [-0.1, -0.05) is 60.7 Å². The van der Waals surface area contributed by atoms with Crippen molar-refractivity contribution >= 4 is 11.8 Å². The minimum atomic E-state index is -0.194. The van der Waals surface area contributed by atoms with E-state index in [2.05, 4.69) is 0 Å². The molecule has 0 N–H and O–H groups in total. The molecule has 0 aromatic heterocycles. The summed E-state index contributed by atoms with van der Waals surface area (Å²) in [5, 5.41) is 0. The predicted octanol–water partition coefficient (Wildman–Crippen LogP) is 3.72. The Labute approximate surface area is 187 Å². The molecule has 6 heteroatoms. The van der Waals surface area contributed by atoms with Crippen molar-refractivity contribution in [3.05, 3.63) is 95.6 Å². The average Bonchev–Trinajstić information content (AvgIpc) is 3.27. The van der Waals surface area contributed by atoms with Gasteiger partial charge in [0.25, 0.3) is 5.91 Å². The number of amides is 2. The van der Waals surface area contributed by atoms with Crippen molar-refractivity contribution in [3.8, 4) is 11.5 Å². The highest BCUT2D eigenvalue weighted by atomic mass is 16.7. The van der Waals surface area contributed by atoms with E-state index in [0.717, 1.165) is 11.1 Å². The van der Waals surface area contributed by atoms with Crippen molar-refractivity contribution in [3.63, 3.8) is 0 Å². The van der Waals surface area contributed by atoms with Crippen LogP contribution in [0.3, 0.4) is 0 Å². The van der Waals surface area contributed by atoms with Crippen LogP contribution in [-0.4, -0.2) is 41.5 Å². The lowest BCUT2D eigenvalue weighted by atomic mass is 9.96. The standard InChI is InChI=1S/C26H24N2O4/c29-25(21-11-12-23-24(13-21)32-18-31-23)28-16-22(17-28)26(30)27(14-19-7-3-1-4-8-19)15-20-9-5-2-6-10-20/h1-13,22H,14-18H2. The highest BCUT2D eigenvalue weighted by molar-refractivity contribution is 5.96. The average molecular weight is 428 g/mol. The van der Waals surface area contributed by atoms with Gasteiger partial charge in [0.2, 0.25) is 12.7 Å². The molecule has 1 fully saturated rings. The number of ether oxygens (including phenoxy) is 2. The van der Waals surface area contributed by atoms with Crippen LogP contribution in [0.1, 0.15) is 21.5 Å². The molecule has 0 bridgehead atoms. The lowest BCUT2D eigenvalue weighted by Gasteiger charge is -2.40. The van der Waals surface area contributed by atoms with E-state index >= 15 is 0 Å². The first-order valence-electron chi connectivity index (χ1n) is 10.7.